The quantitative estimate of drug-likeness (QED) is 0.272. The maximum atomic E-state index is 13.0. The molecule has 0 spiro atoms. The van der Waals surface area contributed by atoms with Crippen molar-refractivity contribution >= 4 is 11.9 Å². The van der Waals surface area contributed by atoms with Crippen LogP contribution in [0.2, 0.25) is 0 Å². The molecule has 1 amide bonds. The van der Waals surface area contributed by atoms with Crippen molar-refractivity contribution in [2.24, 2.45) is 5.92 Å². The van der Waals surface area contributed by atoms with Crippen LogP contribution in [0.15, 0.2) is 42.0 Å². The molecule has 1 aromatic rings. The highest BCUT2D eigenvalue weighted by Gasteiger charge is 2.28. The Bertz CT molecular complexity index is 668. The molecule has 1 unspecified atom stereocenters. The first kappa shape index (κ1) is 24.2. The molecule has 30 heavy (non-hydrogen) atoms. The maximum absolute atomic E-state index is 13.0. The molecule has 0 saturated heterocycles. The average molecular weight is 414 g/mol. The predicted octanol–water partition coefficient (Wildman–Crippen LogP) is 6.27. The summed E-state index contributed by atoms with van der Waals surface area (Å²) < 4.78 is 5.07. The first-order valence-electron chi connectivity index (χ1n) is 11.8. The summed E-state index contributed by atoms with van der Waals surface area (Å²) in [5.74, 6) is -0.620. The lowest BCUT2D eigenvalue weighted by Crippen LogP contribution is -2.34. The van der Waals surface area contributed by atoms with E-state index in [4.69, 9.17) is 4.74 Å². The van der Waals surface area contributed by atoms with E-state index in [-0.39, 0.29) is 30.4 Å². The molecule has 1 aliphatic rings. The molecule has 1 aliphatic heterocycles. The SMILES string of the molecule is CCCCCCCCCCCCC(C(=O)N[C@H](C)c1ccccc1)C1=CC(=O)OC1. The minimum absolute atomic E-state index is 0.00757. The summed E-state index contributed by atoms with van der Waals surface area (Å²) in [7, 11) is 0. The van der Waals surface area contributed by atoms with E-state index >= 15 is 0 Å². The van der Waals surface area contributed by atoms with E-state index < -0.39 is 0 Å². The molecule has 0 aromatic heterocycles. The Morgan fingerprint density at radius 1 is 0.967 bits per heavy atom. The van der Waals surface area contributed by atoms with Crippen molar-refractivity contribution in [3.05, 3.63) is 47.5 Å². The van der Waals surface area contributed by atoms with Gasteiger partial charge >= 0.3 is 5.97 Å². The molecule has 1 heterocycles. The van der Waals surface area contributed by atoms with Crippen molar-refractivity contribution in [2.75, 3.05) is 6.61 Å². The molecular weight excluding hydrogens is 374 g/mol. The Labute approximate surface area is 182 Å². The van der Waals surface area contributed by atoms with Gasteiger partial charge in [-0.25, -0.2) is 4.79 Å². The number of hydrogen-bond donors (Lipinski definition) is 1. The average Bonchev–Trinajstić information content (AvgIpc) is 3.18. The van der Waals surface area contributed by atoms with E-state index in [1.807, 2.05) is 37.3 Å². The third-order valence-electron chi connectivity index (χ3n) is 5.95. The zero-order valence-electron chi connectivity index (χ0n) is 18.8. The second kappa shape index (κ2) is 14.0. The fourth-order valence-electron chi connectivity index (χ4n) is 4.05. The zero-order valence-corrected chi connectivity index (χ0v) is 18.8. The summed E-state index contributed by atoms with van der Waals surface area (Å²) in [5.41, 5.74) is 1.89. The number of unbranched alkanes of at least 4 members (excludes halogenated alkanes) is 9. The van der Waals surface area contributed by atoms with Crippen LogP contribution >= 0.6 is 0 Å². The van der Waals surface area contributed by atoms with Crippen LogP contribution in [0.5, 0.6) is 0 Å². The number of esters is 1. The van der Waals surface area contributed by atoms with Crippen molar-refractivity contribution in [3.63, 3.8) is 0 Å². The van der Waals surface area contributed by atoms with Crippen LogP contribution in [-0.4, -0.2) is 18.5 Å². The van der Waals surface area contributed by atoms with Crippen LogP contribution in [0, 0.1) is 5.92 Å². The topological polar surface area (TPSA) is 55.4 Å². The second-order valence-electron chi connectivity index (χ2n) is 8.49. The monoisotopic (exact) mass is 413 g/mol. The van der Waals surface area contributed by atoms with Crippen LogP contribution < -0.4 is 5.32 Å². The first-order valence-corrected chi connectivity index (χ1v) is 11.8. The highest BCUT2D eigenvalue weighted by Crippen LogP contribution is 2.25. The molecule has 0 aliphatic carbocycles. The van der Waals surface area contributed by atoms with Gasteiger partial charge in [0.05, 0.1) is 12.0 Å². The minimum Gasteiger partial charge on any atom is -0.458 e. The number of carbonyl (C=O) groups excluding carboxylic acids is 2. The smallest absolute Gasteiger partial charge is 0.331 e. The van der Waals surface area contributed by atoms with Gasteiger partial charge < -0.3 is 10.1 Å². The lowest BCUT2D eigenvalue weighted by Gasteiger charge is -2.21. The van der Waals surface area contributed by atoms with Crippen LogP contribution in [-0.2, 0) is 14.3 Å². The van der Waals surface area contributed by atoms with Gasteiger partial charge in [0.25, 0.3) is 0 Å². The summed E-state index contributed by atoms with van der Waals surface area (Å²) in [5, 5.41) is 3.13. The second-order valence-corrected chi connectivity index (χ2v) is 8.49. The number of carbonyl (C=O) groups is 2. The molecule has 1 aromatic carbocycles. The van der Waals surface area contributed by atoms with Crippen molar-refractivity contribution in [1.82, 2.24) is 5.32 Å². The summed E-state index contributed by atoms with van der Waals surface area (Å²) in [4.78, 5) is 24.5. The van der Waals surface area contributed by atoms with Crippen LogP contribution in [0.25, 0.3) is 0 Å². The summed E-state index contributed by atoms with van der Waals surface area (Å²) in [6, 6.07) is 9.90. The van der Waals surface area contributed by atoms with Crippen LogP contribution in [0.4, 0.5) is 0 Å². The van der Waals surface area contributed by atoms with E-state index in [9.17, 15) is 9.59 Å². The molecule has 0 saturated carbocycles. The Morgan fingerprint density at radius 2 is 1.57 bits per heavy atom. The summed E-state index contributed by atoms with van der Waals surface area (Å²) in [6.45, 7) is 4.49. The number of amides is 1. The third kappa shape index (κ3) is 8.73. The van der Waals surface area contributed by atoms with Gasteiger partial charge in [-0.1, -0.05) is 101 Å². The van der Waals surface area contributed by atoms with Gasteiger partial charge in [-0.2, -0.15) is 0 Å². The number of benzene rings is 1. The highest BCUT2D eigenvalue weighted by molar-refractivity contribution is 5.89. The standard InChI is InChI=1S/C26H39NO3/c1-3-4-5-6-7-8-9-10-11-15-18-24(23-19-25(28)30-20-23)26(29)27-21(2)22-16-13-12-14-17-22/h12-14,16-17,19,21,24H,3-11,15,18,20H2,1-2H3,(H,27,29)/t21-,24?/m1/s1. The highest BCUT2D eigenvalue weighted by atomic mass is 16.5. The van der Waals surface area contributed by atoms with Crippen molar-refractivity contribution in [3.8, 4) is 0 Å². The molecule has 2 rings (SSSR count). The first-order chi connectivity index (χ1) is 14.6. The molecule has 4 heteroatoms. The van der Waals surface area contributed by atoms with Crippen LogP contribution in [0.1, 0.15) is 96.1 Å². The third-order valence-corrected chi connectivity index (χ3v) is 5.95. The van der Waals surface area contributed by atoms with Gasteiger partial charge in [-0.05, 0) is 24.5 Å². The van der Waals surface area contributed by atoms with E-state index in [1.54, 1.807) is 0 Å². The number of cyclic esters (lactones) is 1. The lowest BCUT2D eigenvalue weighted by atomic mass is 9.91. The normalized spacial score (nSPS) is 15.4. The molecule has 0 fully saturated rings. The van der Waals surface area contributed by atoms with Gasteiger partial charge in [0, 0.05) is 6.08 Å². The maximum Gasteiger partial charge on any atom is 0.331 e. The Morgan fingerprint density at radius 3 is 2.13 bits per heavy atom. The number of nitrogens with one attached hydrogen (secondary N) is 1. The molecule has 2 atom stereocenters. The predicted molar refractivity (Wildman–Crippen MR) is 122 cm³/mol. The van der Waals surface area contributed by atoms with Gasteiger partial charge in [0.15, 0.2) is 0 Å². The number of hydrogen-bond acceptors (Lipinski definition) is 3. The van der Waals surface area contributed by atoms with E-state index in [0.717, 1.165) is 30.4 Å². The lowest BCUT2D eigenvalue weighted by molar-refractivity contribution is -0.135. The molecule has 0 bridgehead atoms. The van der Waals surface area contributed by atoms with Crippen molar-refractivity contribution in [2.45, 2.75) is 90.5 Å². The molecule has 1 N–H and O–H groups in total. The fourth-order valence-corrected chi connectivity index (χ4v) is 4.05. The Kier molecular flexibility index (Phi) is 11.3. The Hall–Kier alpha value is -2.10. The molecule has 166 valence electrons. The van der Waals surface area contributed by atoms with Crippen LogP contribution in [0.3, 0.4) is 0 Å². The fraction of sp³-hybridized carbons (Fsp3) is 0.615. The van der Waals surface area contributed by atoms with E-state index in [0.29, 0.717) is 0 Å². The zero-order chi connectivity index (χ0) is 21.6. The molecule has 4 nitrogen and oxygen atoms in total. The summed E-state index contributed by atoms with van der Waals surface area (Å²) >= 11 is 0. The largest absolute Gasteiger partial charge is 0.458 e. The van der Waals surface area contributed by atoms with E-state index in [1.165, 1.54) is 57.4 Å². The van der Waals surface area contributed by atoms with Crippen molar-refractivity contribution < 1.29 is 14.3 Å². The number of ether oxygens (including phenoxy) is 1. The molecular formula is C26H39NO3. The van der Waals surface area contributed by atoms with Crippen molar-refractivity contribution in [1.29, 1.82) is 0 Å². The molecule has 0 radical (unpaired) electrons. The Balaban J connectivity index is 1.76. The minimum atomic E-state index is -0.331. The number of rotatable bonds is 15. The van der Waals surface area contributed by atoms with E-state index in [2.05, 4.69) is 12.2 Å². The van der Waals surface area contributed by atoms with Gasteiger partial charge in [-0.15, -0.1) is 0 Å². The van der Waals surface area contributed by atoms with Gasteiger partial charge in [0.2, 0.25) is 5.91 Å². The summed E-state index contributed by atoms with van der Waals surface area (Å²) in [6.07, 6.45) is 14.9. The van der Waals surface area contributed by atoms with Gasteiger partial charge in [0.1, 0.15) is 6.61 Å². The van der Waals surface area contributed by atoms with Gasteiger partial charge in [-0.3, -0.25) is 4.79 Å².